The summed E-state index contributed by atoms with van der Waals surface area (Å²) in [5, 5.41) is 0. The molecule has 0 amide bonds. The fraction of sp³-hybridized carbons (Fsp3) is 0.733. The molecule has 1 atom stereocenters. The second-order valence-corrected chi connectivity index (χ2v) is 7.41. The van der Waals surface area contributed by atoms with Gasteiger partial charge in [-0.1, -0.05) is 41.5 Å². The normalized spacial score (nSPS) is 24.5. The SMILES string of the molecule is CC1CN2C(=N1)C=C(C(C)(C)C)N=C2C(C)(C)C. The van der Waals surface area contributed by atoms with Gasteiger partial charge in [0.15, 0.2) is 0 Å². The predicted molar refractivity (Wildman–Crippen MR) is 78.0 cm³/mol. The van der Waals surface area contributed by atoms with E-state index in [1.54, 1.807) is 0 Å². The van der Waals surface area contributed by atoms with E-state index in [9.17, 15) is 0 Å². The minimum absolute atomic E-state index is 0.0512. The van der Waals surface area contributed by atoms with Crippen molar-refractivity contribution in [2.75, 3.05) is 6.54 Å². The maximum Gasteiger partial charge on any atom is 0.131 e. The van der Waals surface area contributed by atoms with Crippen LogP contribution in [0.2, 0.25) is 0 Å². The van der Waals surface area contributed by atoms with Crippen molar-refractivity contribution in [1.82, 2.24) is 4.90 Å². The number of amidine groups is 2. The van der Waals surface area contributed by atoms with Gasteiger partial charge in [-0.3, -0.25) is 4.99 Å². The Morgan fingerprint density at radius 1 is 1.11 bits per heavy atom. The lowest BCUT2D eigenvalue weighted by atomic mass is 9.88. The zero-order chi connectivity index (χ0) is 13.7. The van der Waals surface area contributed by atoms with Crippen LogP contribution >= 0.6 is 0 Å². The van der Waals surface area contributed by atoms with Crippen LogP contribution < -0.4 is 0 Å². The van der Waals surface area contributed by atoms with Crippen LogP contribution in [0.4, 0.5) is 0 Å². The number of allylic oxidation sites excluding steroid dienone is 1. The van der Waals surface area contributed by atoms with E-state index in [0.29, 0.717) is 6.04 Å². The molecule has 0 saturated heterocycles. The van der Waals surface area contributed by atoms with Gasteiger partial charge in [-0.25, -0.2) is 4.99 Å². The van der Waals surface area contributed by atoms with Crippen LogP contribution in [0.15, 0.2) is 21.8 Å². The van der Waals surface area contributed by atoms with E-state index in [-0.39, 0.29) is 10.8 Å². The van der Waals surface area contributed by atoms with Gasteiger partial charge in [0.05, 0.1) is 11.7 Å². The second-order valence-electron chi connectivity index (χ2n) is 7.41. The third-order valence-electron chi connectivity index (χ3n) is 3.26. The van der Waals surface area contributed by atoms with Gasteiger partial charge in [-0.15, -0.1) is 0 Å². The Hall–Kier alpha value is -1.12. The minimum Gasteiger partial charge on any atom is -0.312 e. The summed E-state index contributed by atoms with van der Waals surface area (Å²) in [7, 11) is 0. The molecule has 0 aromatic rings. The molecule has 0 aromatic heterocycles. The van der Waals surface area contributed by atoms with Gasteiger partial charge < -0.3 is 4.90 Å². The number of hydrogen-bond donors (Lipinski definition) is 0. The molecule has 0 radical (unpaired) electrons. The molecule has 3 heteroatoms. The Balaban J connectivity index is 2.50. The van der Waals surface area contributed by atoms with Gasteiger partial charge in [-0.2, -0.15) is 0 Å². The van der Waals surface area contributed by atoms with E-state index in [2.05, 4.69) is 59.4 Å². The average Bonchev–Trinajstić information content (AvgIpc) is 2.52. The van der Waals surface area contributed by atoms with Crippen LogP contribution in [0.25, 0.3) is 0 Å². The molecule has 0 aliphatic carbocycles. The highest BCUT2D eigenvalue weighted by atomic mass is 15.3. The molecule has 2 aliphatic heterocycles. The highest BCUT2D eigenvalue weighted by Crippen LogP contribution is 2.34. The molecule has 100 valence electrons. The van der Waals surface area contributed by atoms with Crippen LogP contribution in [-0.4, -0.2) is 29.2 Å². The zero-order valence-electron chi connectivity index (χ0n) is 12.7. The molecule has 0 aromatic carbocycles. The van der Waals surface area contributed by atoms with Crippen molar-refractivity contribution in [3.05, 3.63) is 11.8 Å². The first-order valence-corrected chi connectivity index (χ1v) is 6.76. The summed E-state index contributed by atoms with van der Waals surface area (Å²) in [4.78, 5) is 11.9. The highest BCUT2D eigenvalue weighted by molar-refractivity contribution is 6.11. The van der Waals surface area contributed by atoms with Crippen LogP contribution in [0.1, 0.15) is 48.5 Å². The monoisotopic (exact) mass is 247 g/mol. The summed E-state index contributed by atoms with van der Waals surface area (Å²) in [6.45, 7) is 16.4. The minimum atomic E-state index is 0.0512. The Labute approximate surface area is 111 Å². The third-order valence-corrected chi connectivity index (χ3v) is 3.26. The van der Waals surface area contributed by atoms with Gasteiger partial charge in [-0.05, 0) is 6.92 Å². The number of nitrogens with zero attached hydrogens (tertiary/aromatic N) is 3. The third kappa shape index (κ3) is 2.36. The van der Waals surface area contributed by atoms with Gasteiger partial charge in [0.25, 0.3) is 0 Å². The summed E-state index contributed by atoms with van der Waals surface area (Å²) < 4.78 is 0. The Bertz CT molecular complexity index is 441. The quantitative estimate of drug-likeness (QED) is 0.644. The largest absolute Gasteiger partial charge is 0.312 e. The standard InChI is InChI=1S/C15H25N3/c1-10-9-18-12(16-10)8-11(14(2,3)4)17-13(18)15(5,6)7/h8,10H,9H2,1-7H3. The van der Waals surface area contributed by atoms with E-state index >= 15 is 0 Å². The van der Waals surface area contributed by atoms with Crippen LogP contribution in [-0.2, 0) is 0 Å². The topological polar surface area (TPSA) is 28.0 Å². The van der Waals surface area contributed by atoms with Crippen LogP contribution in [0.3, 0.4) is 0 Å². The predicted octanol–water partition coefficient (Wildman–Crippen LogP) is 3.48. The van der Waals surface area contributed by atoms with Gasteiger partial charge in [0.1, 0.15) is 11.7 Å². The summed E-state index contributed by atoms with van der Waals surface area (Å²) >= 11 is 0. The first-order chi connectivity index (χ1) is 8.09. The smallest absolute Gasteiger partial charge is 0.131 e. The van der Waals surface area contributed by atoms with E-state index in [1.165, 1.54) is 0 Å². The summed E-state index contributed by atoms with van der Waals surface area (Å²) in [6.07, 6.45) is 2.15. The van der Waals surface area contributed by atoms with Gasteiger partial charge >= 0.3 is 0 Å². The summed E-state index contributed by atoms with van der Waals surface area (Å²) in [5.74, 6) is 2.24. The molecule has 2 rings (SSSR count). The lowest BCUT2D eigenvalue weighted by Crippen LogP contribution is -2.44. The summed E-state index contributed by atoms with van der Waals surface area (Å²) in [5.41, 5.74) is 1.25. The molecule has 1 unspecified atom stereocenters. The molecule has 2 aliphatic rings. The van der Waals surface area contributed by atoms with Crippen molar-refractivity contribution >= 4 is 11.7 Å². The molecule has 0 fully saturated rings. The van der Waals surface area contributed by atoms with Gasteiger partial charge in [0, 0.05) is 23.5 Å². The number of hydrogen-bond acceptors (Lipinski definition) is 3. The molecule has 0 N–H and O–H groups in total. The van der Waals surface area contributed by atoms with E-state index in [4.69, 9.17) is 9.98 Å². The van der Waals surface area contributed by atoms with Crippen molar-refractivity contribution in [2.24, 2.45) is 20.8 Å². The zero-order valence-corrected chi connectivity index (χ0v) is 12.7. The fourth-order valence-electron chi connectivity index (χ4n) is 2.29. The molecular formula is C15H25N3. The van der Waals surface area contributed by atoms with E-state index in [0.717, 1.165) is 23.9 Å². The number of aliphatic imine (C=N–C) groups is 2. The molecule has 0 spiro atoms. The first kappa shape index (κ1) is 13.3. The molecular weight excluding hydrogens is 222 g/mol. The van der Waals surface area contributed by atoms with Crippen LogP contribution in [0, 0.1) is 10.8 Å². The van der Waals surface area contributed by atoms with E-state index < -0.39 is 0 Å². The van der Waals surface area contributed by atoms with Crippen molar-refractivity contribution < 1.29 is 0 Å². The maximum atomic E-state index is 4.92. The summed E-state index contributed by atoms with van der Waals surface area (Å²) in [6, 6.07) is 0.364. The Morgan fingerprint density at radius 3 is 2.22 bits per heavy atom. The lowest BCUT2D eigenvalue weighted by Gasteiger charge is -2.35. The van der Waals surface area contributed by atoms with E-state index in [1.807, 2.05) is 0 Å². The first-order valence-electron chi connectivity index (χ1n) is 6.76. The average molecular weight is 247 g/mol. The molecule has 18 heavy (non-hydrogen) atoms. The van der Waals surface area contributed by atoms with Crippen LogP contribution in [0.5, 0.6) is 0 Å². The second kappa shape index (κ2) is 3.94. The highest BCUT2D eigenvalue weighted by Gasteiger charge is 2.36. The van der Waals surface area contributed by atoms with Crippen molar-refractivity contribution in [3.63, 3.8) is 0 Å². The van der Waals surface area contributed by atoms with Gasteiger partial charge in [0.2, 0.25) is 0 Å². The lowest BCUT2D eigenvalue weighted by molar-refractivity contribution is 0.459. The fourth-order valence-corrected chi connectivity index (χ4v) is 2.29. The van der Waals surface area contributed by atoms with Crippen molar-refractivity contribution in [3.8, 4) is 0 Å². The Morgan fingerprint density at radius 2 is 1.72 bits per heavy atom. The van der Waals surface area contributed by atoms with Crippen molar-refractivity contribution in [2.45, 2.75) is 54.5 Å². The van der Waals surface area contributed by atoms with Crippen molar-refractivity contribution in [1.29, 1.82) is 0 Å². The Kier molecular flexibility index (Phi) is 2.91. The maximum absolute atomic E-state index is 4.92. The molecule has 2 heterocycles. The number of rotatable bonds is 0. The molecule has 0 bridgehead atoms. The molecule has 3 nitrogen and oxygen atoms in total. The number of fused-ring (bicyclic) bond motifs is 1. The molecule has 0 saturated carbocycles.